The van der Waals surface area contributed by atoms with Gasteiger partial charge in [-0.3, -0.25) is 9.59 Å². The third-order valence-electron chi connectivity index (χ3n) is 2.52. The number of hydrogen-bond acceptors (Lipinski definition) is 4. The summed E-state index contributed by atoms with van der Waals surface area (Å²) in [5, 5.41) is 3.02. The molecule has 0 amide bonds. The van der Waals surface area contributed by atoms with Crippen molar-refractivity contribution >= 4 is 11.4 Å². The fourth-order valence-corrected chi connectivity index (χ4v) is 1.64. The zero-order valence-electron chi connectivity index (χ0n) is 9.59. The minimum absolute atomic E-state index is 0.350. The van der Waals surface area contributed by atoms with Gasteiger partial charge in [0.1, 0.15) is 11.4 Å². The number of rotatable bonds is 6. The third kappa shape index (κ3) is 2.03. The number of anilines is 2. The molecule has 4 heteroatoms. The van der Waals surface area contributed by atoms with Crippen LogP contribution in [0.25, 0.3) is 0 Å². The van der Waals surface area contributed by atoms with E-state index in [-0.39, 0.29) is 10.9 Å². The van der Waals surface area contributed by atoms with Crippen LogP contribution in [0.1, 0.15) is 27.2 Å². The Kier molecular flexibility index (Phi) is 3.88. The molecule has 0 aliphatic rings. The molecular formula is C11H18N2O2. The Labute approximate surface area is 89.6 Å². The lowest BCUT2D eigenvalue weighted by Gasteiger charge is -2.24. The first-order valence-corrected chi connectivity index (χ1v) is 5.49. The fourth-order valence-electron chi connectivity index (χ4n) is 1.64. The van der Waals surface area contributed by atoms with E-state index in [1.807, 2.05) is 25.7 Å². The van der Waals surface area contributed by atoms with Gasteiger partial charge in [-0.2, -0.15) is 0 Å². The highest BCUT2D eigenvalue weighted by molar-refractivity contribution is 5.75. The van der Waals surface area contributed by atoms with E-state index >= 15 is 0 Å². The van der Waals surface area contributed by atoms with Crippen molar-refractivity contribution in [3.05, 3.63) is 20.4 Å². The highest BCUT2D eigenvalue weighted by Crippen LogP contribution is 2.19. The molecule has 1 aromatic rings. The van der Waals surface area contributed by atoms with Crippen LogP contribution in [0.2, 0.25) is 0 Å². The summed E-state index contributed by atoms with van der Waals surface area (Å²) >= 11 is 0. The maximum atomic E-state index is 11.4. The zero-order chi connectivity index (χ0) is 11.4. The van der Waals surface area contributed by atoms with E-state index in [0.717, 1.165) is 26.1 Å². The number of hydrogen-bond donors (Lipinski definition) is 1. The van der Waals surface area contributed by atoms with E-state index in [4.69, 9.17) is 0 Å². The molecule has 0 atom stereocenters. The van der Waals surface area contributed by atoms with Gasteiger partial charge in [0.2, 0.25) is 0 Å². The van der Waals surface area contributed by atoms with Crippen LogP contribution in [-0.4, -0.2) is 19.6 Å². The molecule has 15 heavy (non-hydrogen) atoms. The average molecular weight is 210 g/mol. The third-order valence-corrected chi connectivity index (χ3v) is 2.52. The Balaban J connectivity index is 2.92. The van der Waals surface area contributed by atoms with Crippen molar-refractivity contribution in [3.8, 4) is 0 Å². The van der Waals surface area contributed by atoms with Crippen LogP contribution in [0.5, 0.6) is 0 Å². The molecule has 0 saturated carbocycles. The molecule has 84 valence electrons. The smallest absolute Gasteiger partial charge is 0.253 e. The van der Waals surface area contributed by atoms with Crippen molar-refractivity contribution in [1.29, 1.82) is 0 Å². The lowest BCUT2D eigenvalue weighted by molar-refractivity contribution is 0.852. The van der Waals surface area contributed by atoms with Gasteiger partial charge in [-0.1, -0.05) is 6.92 Å². The van der Waals surface area contributed by atoms with Crippen LogP contribution in [0.4, 0.5) is 11.4 Å². The Bertz CT molecular complexity index is 387. The van der Waals surface area contributed by atoms with Crippen molar-refractivity contribution in [2.75, 3.05) is 29.9 Å². The van der Waals surface area contributed by atoms with Gasteiger partial charge in [0.15, 0.2) is 0 Å². The summed E-state index contributed by atoms with van der Waals surface area (Å²) in [5.74, 6) is 0. The van der Waals surface area contributed by atoms with Gasteiger partial charge in [0.25, 0.3) is 10.9 Å². The summed E-state index contributed by atoms with van der Waals surface area (Å²) in [4.78, 5) is 24.6. The molecule has 0 aromatic heterocycles. The molecule has 0 saturated heterocycles. The van der Waals surface area contributed by atoms with Crippen molar-refractivity contribution in [2.45, 2.75) is 27.2 Å². The quantitative estimate of drug-likeness (QED) is 0.710. The summed E-state index contributed by atoms with van der Waals surface area (Å²) in [6, 6.07) is 0. The normalized spacial score (nSPS) is 10.6. The van der Waals surface area contributed by atoms with Gasteiger partial charge in [0.05, 0.1) is 0 Å². The number of nitrogens with zero attached hydrogens (tertiary/aromatic N) is 1. The molecule has 0 heterocycles. The van der Waals surface area contributed by atoms with Crippen LogP contribution >= 0.6 is 0 Å². The molecule has 4 nitrogen and oxygen atoms in total. The predicted molar refractivity (Wildman–Crippen MR) is 63.7 cm³/mol. The molecule has 1 rings (SSSR count). The molecule has 0 fully saturated rings. The topological polar surface area (TPSA) is 49.4 Å². The first-order valence-electron chi connectivity index (χ1n) is 5.49. The lowest BCUT2D eigenvalue weighted by Crippen LogP contribution is -2.42. The maximum absolute atomic E-state index is 11.4. The zero-order valence-corrected chi connectivity index (χ0v) is 9.59. The Hall–Kier alpha value is -1.32. The minimum Gasteiger partial charge on any atom is -0.380 e. The Morgan fingerprint density at radius 2 is 1.67 bits per heavy atom. The Morgan fingerprint density at radius 3 is 2.13 bits per heavy atom. The fraction of sp³-hybridized carbons (Fsp3) is 0.636. The molecular weight excluding hydrogens is 192 g/mol. The van der Waals surface area contributed by atoms with E-state index < -0.39 is 0 Å². The molecule has 1 N–H and O–H groups in total. The maximum Gasteiger partial charge on any atom is 0.253 e. The van der Waals surface area contributed by atoms with Gasteiger partial charge in [-0.25, -0.2) is 0 Å². The first kappa shape index (κ1) is 11.8. The second kappa shape index (κ2) is 4.96. The van der Waals surface area contributed by atoms with Gasteiger partial charge >= 0.3 is 0 Å². The molecule has 0 radical (unpaired) electrons. The lowest BCUT2D eigenvalue weighted by atomic mass is 10.1. The van der Waals surface area contributed by atoms with Gasteiger partial charge in [-0.05, 0) is 20.3 Å². The second-order valence-electron chi connectivity index (χ2n) is 3.48. The van der Waals surface area contributed by atoms with E-state index in [9.17, 15) is 9.59 Å². The molecule has 0 aliphatic carbocycles. The monoisotopic (exact) mass is 210 g/mol. The van der Waals surface area contributed by atoms with E-state index in [1.165, 1.54) is 0 Å². The van der Waals surface area contributed by atoms with Crippen LogP contribution < -0.4 is 21.1 Å². The standard InChI is InChI=1S/C11H18N2O2/c1-4-7-12-8-9(11(15)10(8)14)13(5-2)6-3/h12H,4-7H2,1-3H3. The van der Waals surface area contributed by atoms with Gasteiger partial charge < -0.3 is 10.2 Å². The van der Waals surface area contributed by atoms with Crippen molar-refractivity contribution in [2.24, 2.45) is 0 Å². The van der Waals surface area contributed by atoms with Crippen LogP contribution in [0.3, 0.4) is 0 Å². The van der Waals surface area contributed by atoms with E-state index in [1.54, 1.807) is 0 Å². The summed E-state index contributed by atoms with van der Waals surface area (Å²) < 4.78 is 0. The summed E-state index contributed by atoms with van der Waals surface area (Å²) in [7, 11) is 0. The predicted octanol–water partition coefficient (Wildman–Crippen LogP) is 0.951. The van der Waals surface area contributed by atoms with Crippen molar-refractivity contribution < 1.29 is 0 Å². The van der Waals surface area contributed by atoms with Gasteiger partial charge in [0, 0.05) is 19.6 Å². The van der Waals surface area contributed by atoms with Crippen molar-refractivity contribution in [3.63, 3.8) is 0 Å². The second-order valence-corrected chi connectivity index (χ2v) is 3.48. The van der Waals surface area contributed by atoms with Crippen LogP contribution in [0.15, 0.2) is 9.59 Å². The minimum atomic E-state index is -0.370. The summed E-state index contributed by atoms with van der Waals surface area (Å²) in [6.45, 7) is 8.22. The van der Waals surface area contributed by atoms with E-state index in [0.29, 0.717) is 11.4 Å². The van der Waals surface area contributed by atoms with Gasteiger partial charge in [-0.15, -0.1) is 0 Å². The SMILES string of the molecule is CCCNc1c(N(CC)CC)c(=O)c1=O. The molecule has 0 aliphatic heterocycles. The highest BCUT2D eigenvalue weighted by Gasteiger charge is 2.23. The van der Waals surface area contributed by atoms with Crippen LogP contribution in [-0.2, 0) is 0 Å². The molecule has 0 spiro atoms. The highest BCUT2D eigenvalue weighted by atomic mass is 16.2. The van der Waals surface area contributed by atoms with Crippen LogP contribution in [0, 0.1) is 0 Å². The average Bonchev–Trinajstić information content (AvgIpc) is 2.27. The first-order chi connectivity index (χ1) is 7.17. The molecule has 1 aromatic carbocycles. The summed E-state index contributed by atoms with van der Waals surface area (Å²) in [6.07, 6.45) is 0.941. The largest absolute Gasteiger partial charge is 0.380 e. The van der Waals surface area contributed by atoms with E-state index in [2.05, 4.69) is 5.32 Å². The van der Waals surface area contributed by atoms with Crippen molar-refractivity contribution in [1.82, 2.24) is 0 Å². The number of nitrogens with one attached hydrogen (secondary N) is 1. The molecule has 0 unspecified atom stereocenters. The Morgan fingerprint density at radius 1 is 1.07 bits per heavy atom. The molecule has 0 bridgehead atoms. The summed E-state index contributed by atoms with van der Waals surface area (Å²) in [5.41, 5.74) is 0.353.